The van der Waals surface area contributed by atoms with Crippen molar-refractivity contribution in [1.29, 1.82) is 0 Å². The lowest BCUT2D eigenvalue weighted by Crippen LogP contribution is -2.42. The summed E-state index contributed by atoms with van der Waals surface area (Å²) in [7, 11) is 1.67. The van der Waals surface area contributed by atoms with Crippen molar-refractivity contribution in [2.24, 2.45) is 0 Å². The van der Waals surface area contributed by atoms with E-state index in [-0.39, 0.29) is 12.4 Å². The molecule has 3 rings (SSSR count). The second kappa shape index (κ2) is 8.77. The topological polar surface area (TPSA) is 42.5 Å². The molecule has 0 saturated carbocycles. The highest BCUT2D eigenvalue weighted by molar-refractivity contribution is 5.85. The Morgan fingerprint density at radius 3 is 2.57 bits per heavy atom. The first-order valence-corrected chi connectivity index (χ1v) is 7.65. The molecule has 0 spiro atoms. The molecule has 2 aromatic carbocycles. The Labute approximate surface area is 143 Å². The molecule has 1 saturated heterocycles. The van der Waals surface area contributed by atoms with Crippen molar-refractivity contribution in [3.8, 4) is 11.5 Å². The number of rotatable bonds is 5. The Kier molecular flexibility index (Phi) is 6.71. The molecule has 1 atom stereocenters. The number of piperazine rings is 1. The van der Waals surface area contributed by atoms with Crippen molar-refractivity contribution in [3.63, 3.8) is 0 Å². The molecular formula is C18H23ClN2O2. The average Bonchev–Trinajstić information content (AvgIpc) is 2.61. The van der Waals surface area contributed by atoms with Gasteiger partial charge in [0.1, 0.15) is 6.61 Å². The Morgan fingerprint density at radius 1 is 1.04 bits per heavy atom. The zero-order valence-electron chi connectivity index (χ0n) is 13.2. The summed E-state index contributed by atoms with van der Waals surface area (Å²) in [5, 5.41) is 6.92. The summed E-state index contributed by atoms with van der Waals surface area (Å²) in [6, 6.07) is 16.6. The van der Waals surface area contributed by atoms with E-state index >= 15 is 0 Å². The zero-order chi connectivity index (χ0) is 15.2. The summed E-state index contributed by atoms with van der Waals surface area (Å²) in [6.07, 6.45) is 0. The molecule has 1 fully saturated rings. The smallest absolute Gasteiger partial charge is 0.161 e. The fourth-order valence-corrected chi connectivity index (χ4v) is 2.65. The summed E-state index contributed by atoms with van der Waals surface area (Å²) >= 11 is 0. The third kappa shape index (κ3) is 4.61. The number of methoxy groups -OCH3 is 1. The first kappa shape index (κ1) is 17.6. The van der Waals surface area contributed by atoms with Crippen molar-refractivity contribution >= 4 is 12.4 Å². The van der Waals surface area contributed by atoms with Crippen LogP contribution < -0.4 is 20.1 Å². The van der Waals surface area contributed by atoms with E-state index in [4.69, 9.17) is 9.47 Å². The highest BCUT2D eigenvalue weighted by Crippen LogP contribution is 2.31. The van der Waals surface area contributed by atoms with Gasteiger partial charge in [-0.1, -0.05) is 36.4 Å². The fraction of sp³-hybridized carbons (Fsp3) is 0.333. The fourth-order valence-electron chi connectivity index (χ4n) is 2.65. The zero-order valence-corrected chi connectivity index (χ0v) is 14.1. The van der Waals surface area contributed by atoms with E-state index in [0.29, 0.717) is 12.6 Å². The van der Waals surface area contributed by atoms with Gasteiger partial charge in [-0.15, -0.1) is 12.4 Å². The largest absolute Gasteiger partial charge is 0.493 e. The van der Waals surface area contributed by atoms with Crippen molar-refractivity contribution in [3.05, 3.63) is 59.7 Å². The quantitative estimate of drug-likeness (QED) is 0.882. The maximum atomic E-state index is 5.97. The molecule has 124 valence electrons. The standard InChI is InChI=1S/C18H22N2O2.ClH/c1-21-17-8-7-15(16-12-19-9-10-20-16)11-18(17)22-13-14-5-3-2-4-6-14;/h2-8,11,16,19-20H,9-10,12-13H2,1H3;1H/t16-;/m1./s1. The van der Waals surface area contributed by atoms with Gasteiger partial charge in [0.15, 0.2) is 11.5 Å². The lowest BCUT2D eigenvalue weighted by atomic mass is 10.0. The molecule has 2 N–H and O–H groups in total. The molecule has 0 bridgehead atoms. The Bertz CT molecular complexity index is 601. The van der Waals surface area contributed by atoms with E-state index in [1.807, 2.05) is 24.3 Å². The van der Waals surface area contributed by atoms with E-state index in [1.165, 1.54) is 5.56 Å². The molecule has 2 aromatic rings. The normalized spacial score (nSPS) is 17.2. The van der Waals surface area contributed by atoms with Crippen LogP contribution >= 0.6 is 12.4 Å². The number of ether oxygens (including phenoxy) is 2. The van der Waals surface area contributed by atoms with E-state index in [1.54, 1.807) is 7.11 Å². The predicted molar refractivity (Wildman–Crippen MR) is 94.6 cm³/mol. The minimum Gasteiger partial charge on any atom is -0.493 e. The Balaban J connectivity index is 0.00000192. The van der Waals surface area contributed by atoms with Gasteiger partial charge in [0, 0.05) is 25.7 Å². The van der Waals surface area contributed by atoms with Crippen LogP contribution in [0.5, 0.6) is 11.5 Å². The van der Waals surface area contributed by atoms with Crippen LogP contribution in [0.15, 0.2) is 48.5 Å². The van der Waals surface area contributed by atoms with Crippen LogP contribution in [0.1, 0.15) is 17.2 Å². The van der Waals surface area contributed by atoms with Gasteiger partial charge in [-0.05, 0) is 23.3 Å². The monoisotopic (exact) mass is 334 g/mol. The SMILES string of the molecule is COc1ccc([C@H]2CNCCN2)cc1OCc1ccccc1.Cl. The van der Waals surface area contributed by atoms with Gasteiger partial charge in [0.25, 0.3) is 0 Å². The van der Waals surface area contributed by atoms with Crippen molar-refractivity contribution in [1.82, 2.24) is 10.6 Å². The van der Waals surface area contributed by atoms with Crippen LogP contribution in [0.3, 0.4) is 0 Å². The van der Waals surface area contributed by atoms with Crippen LogP contribution in [0.4, 0.5) is 0 Å². The van der Waals surface area contributed by atoms with Gasteiger partial charge in [-0.25, -0.2) is 0 Å². The van der Waals surface area contributed by atoms with E-state index in [0.717, 1.165) is 36.7 Å². The summed E-state index contributed by atoms with van der Waals surface area (Å²) in [4.78, 5) is 0. The van der Waals surface area contributed by atoms with Crippen molar-refractivity contribution < 1.29 is 9.47 Å². The summed E-state index contributed by atoms with van der Waals surface area (Å²) in [5.74, 6) is 1.56. The molecule has 1 aliphatic rings. The molecule has 0 aliphatic carbocycles. The van der Waals surface area contributed by atoms with E-state index in [2.05, 4.69) is 34.9 Å². The Morgan fingerprint density at radius 2 is 1.87 bits per heavy atom. The van der Waals surface area contributed by atoms with E-state index < -0.39 is 0 Å². The number of benzene rings is 2. The average molecular weight is 335 g/mol. The van der Waals surface area contributed by atoms with Crippen molar-refractivity contribution in [2.75, 3.05) is 26.7 Å². The molecule has 0 amide bonds. The number of hydrogen-bond acceptors (Lipinski definition) is 4. The summed E-state index contributed by atoms with van der Waals surface area (Å²) < 4.78 is 11.4. The first-order chi connectivity index (χ1) is 10.9. The van der Waals surface area contributed by atoms with Crippen LogP contribution in [-0.2, 0) is 6.61 Å². The predicted octanol–water partition coefficient (Wildman–Crippen LogP) is 2.93. The summed E-state index contributed by atoms with van der Waals surface area (Å²) in [6.45, 7) is 3.47. The molecule has 0 radical (unpaired) electrons. The molecule has 4 nitrogen and oxygen atoms in total. The van der Waals surface area contributed by atoms with Crippen molar-refractivity contribution in [2.45, 2.75) is 12.6 Å². The molecule has 0 unspecified atom stereocenters. The third-order valence-corrected chi connectivity index (χ3v) is 3.87. The Hall–Kier alpha value is -1.75. The molecule has 1 aliphatic heterocycles. The van der Waals surface area contributed by atoms with Crippen LogP contribution in [0, 0.1) is 0 Å². The minimum atomic E-state index is 0. The highest BCUT2D eigenvalue weighted by atomic mass is 35.5. The number of halogens is 1. The molecule has 1 heterocycles. The maximum absolute atomic E-state index is 5.97. The first-order valence-electron chi connectivity index (χ1n) is 7.65. The van der Waals surface area contributed by atoms with Gasteiger partial charge in [-0.2, -0.15) is 0 Å². The molecule has 0 aromatic heterocycles. The second-order valence-electron chi connectivity index (χ2n) is 5.40. The van der Waals surface area contributed by atoms with Crippen LogP contribution in [0.25, 0.3) is 0 Å². The highest BCUT2D eigenvalue weighted by Gasteiger charge is 2.16. The van der Waals surface area contributed by atoms with E-state index in [9.17, 15) is 0 Å². The van der Waals surface area contributed by atoms with Gasteiger partial charge in [0.05, 0.1) is 7.11 Å². The second-order valence-corrected chi connectivity index (χ2v) is 5.40. The molecule has 5 heteroatoms. The number of hydrogen-bond donors (Lipinski definition) is 2. The van der Waals surface area contributed by atoms with Crippen LogP contribution in [0.2, 0.25) is 0 Å². The van der Waals surface area contributed by atoms with Gasteiger partial charge >= 0.3 is 0 Å². The van der Waals surface area contributed by atoms with Gasteiger partial charge < -0.3 is 20.1 Å². The lowest BCUT2D eigenvalue weighted by molar-refractivity contribution is 0.283. The molecular weight excluding hydrogens is 312 g/mol. The lowest BCUT2D eigenvalue weighted by Gasteiger charge is -2.25. The maximum Gasteiger partial charge on any atom is 0.161 e. The minimum absolute atomic E-state index is 0. The third-order valence-electron chi connectivity index (χ3n) is 3.87. The summed E-state index contributed by atoms with van der Waals surface area (Å²) in [5.41, 5.74) is 2.36. The van der Waals surface area contributed by atoms with Gasteiger partial charge in [-0.3, -0.25) is 0 Å². The van der Waals surface area contributed by atoms with Crippen LogP contribution in [-0.4, -0.2) is 26.7 Å². The van der Waals surface area contributed by atoms with Gasteiger partial charge in [0.2, 0.25) is 0 Å². The molecule has 23 heavy (non-hydrogen) atoms. The number of nitrogens with one attached hydrogen (secondary N) is 2.